The molecule has 0 saturated heterocycles. The van der Waals surface area contributed by atoms with Crippen molar-refractivity contribution in [1.29, 1.82) is 0 Å². The summed E-state index contributed by atoms with van der Waals surface area (Å²) >= 11 is 6.70. The minimum absolute atomic E-state index is 0.134. The molecule has 0 fully saturated rings. The molecule has 0 radical (unpaired) electrons. The summed E-state index contributed by atoms with van der Waals surface area (Å²) in [5.74, 6) is -0.343. The first-order valence-corrected chi connectivity index (χ1v) is 7.65. The van der Waals surface area contributed by atoms with Crippen molar-refractivity contribution in [1.82, 2.24) is 4.98 Å². The average molecular weight is 396 g/mol. The summed E-state index contributed by atoms with van der Waals surface area (Å²) in [4.78, 5) is 30.1. The van der Waals surface area contributed by atoms with Crippen LogP contribution >= 0.6 is 31.9 Å². The van der Waals surface area contributed by atoms with Gasteiger partial charge < -0.3 is 0 Å². The van der Waals surface area contributed by atoms with Crippen molar-refractivity contribution in [2.45, 2.75) is 3.74 Å². The summed E-state index contributed by atoms with van der Waals surface area (Å²) in [6.45, 7) is 0. The molecule has 2 heterocycles. The zero-order valence-electron chi connectivity index (χ0n) is 10.1. The predicted molar refractivity (Wildman–Crippen MR) is 82.4 cm³/mol. The van der Waals surface area contributed by atoms with Crippen LogP contribution in [0.1, 0.15) is 30.1 Å². The summed E-state index contributed by atoms with van der Waals surface area (Å²) < 4.78 is -0.134. The van der Waals surface area contributed by atoms with Gasteiger partial charge in [-0.25, -0.2) is 9.88 Å². The SMILES string of the molecule is O=C1c2ccccc2C(=O)N1c1cccc(C(Br)Br)n1. The van der Waals surface area contributed by atoms with Crippen molar-refractivity contribution in [2.24, 2.45) is 0 Å². The van der Waals surface area contributed by atoms with Crippen LogP contribution < -0.4 is 4.90 Å². The summed E-state index contributed by atoms with van der Waals surface area (Å²) in [7, 11) is 0. The van der Waals surface area contributed by atoms with E-state index < -0.39 is 0 Å². The number of pyridine rings is 1. The van der Waals surface area contributed by atoms with Gasteiger partial charge in [0.25, 0.3) is 11.8 Å². The number of alkyl halides is 2. The number of anilines is 1. The number of fused-ring (bicyclic) bond motifs is 1. The molecule has 0 spiro atoms. The van der Waals surface area contributed by atoms with Gasteiger partial charge in [-0.05, 0) is 24.3 Å². The van der Waals surface area contributed by atoms with Crippen molar-refractivity contribution in [3.8, 4) is 0 Å². The number of nitrogens with zero attached hydrogens (tertiary/aromatic N) is 2. The maximum Gasteiger partial charge on any atom is 0.267 e. The zero-order valence-corrected chi connectivity index (χ0v) is 13.3. The van der Waals surface area contributed by atoms with E-state index in [-0.39, 0.29) is 15.6 Å². The molecule has 0 saturated carbocycles. The van der Waals surface area contributed by atoms with Crippen LogP contribution in [0.25, 0.3) is 0 Å². The molecule has 0 aliphatic carbocycles. The quantitative estimate of drug-likeness (QED) is 0.575. The van der Waals surface area contributed by atoms with Gasteiger partial charge in [0.05, 0.1) is 16.8 Å². The van der Waals surface area contributed by atoms with Gasteiger partial charge in [0.1, 0.15) is 9.55 Å². The molecule has 0 N–H and O–H groups in total. The van der Waals surface area contributed by atoms with E-state index in [0.717, 1.165) is 4.90 Å². The number of aromatic nitrogens is 1. The molecule has 100 valence electrons. The van der Waals surface area contributed by atoms with Crippen LogP contribution in [0.5, 0.6) is 0 Å². The van der Waals surface area contributed by atoms with E-state index in [9.17, 15) is 9.59 Å². The van der Waals surface area contributed by atoms with Crippen molar-refractivity contribution in [2.75, 3.05) is 4.90 Å². The van der Waals surface area contributed by atoms with Crippen LogP contribution in [-0.2, 0) is 0 Å². The Bertz CT molecular complexity index is 681. The molecule has 6 heteroatoms. The lowest BCUT2D eigenvalue weighted by Crippen LogP contribution is -2.30. The fourth-order valence-corrected chi connectivity index (χ4v) is 2.59. The lowest BCUT2D eigenvalue weighted by atomic mass is 10.1. The van der Waals surface area contributed by atoms with Gasteiger partial charge in [0.15, 0.2) is 0 Å². The van der Waals surface area contributed by atoms with E-state index in [1.54, 1.807) is 42.5 Å². The maximum absolute atomic E-state index is 12.3. The molecule has 2 amide bonds. The average Bonchev–Trinajstić information content (AvgIpc) is 2.72. The molecule has 1 aliphatic heterocycles. The highest BCUT2D eigenvalue weighted by atomic mass is 79.9. The van der Waals surface area contributed by atoms with Crippen LogP contribution in [0.4, 0.5) is 5.82 Å². The van der Waals surface area contributed by atoms with Crippen molar-refractivity contribution in [3.63, 3.8) is 0 Å². The highest BCUT2D eigenvalue weighted by Crippen LogP contribution is 2.31. The number of hydrogen-bond acceptors (Lipinski definition) is 3. The standard InChI is InChI=1S/C14H8Br2N2O2/c15-12(16)10-6-3-7-11(17-10)18-13(19)8-4-1-2-5-9(8)14(18)20/h1-7,12H. The molecule has 0 atom stereocenters. The molecule has 20 heavy (non-hydrogen) atoms. The minimum atomic E-state index is -0.337. The van der Waals surface area contributed by atoms with E-state index in [1.165, 1.54) is 0 Å². The van der Waals surface area contributed by atoms with Gasteiger partial charge in [-0.15, -0.1) is 0 Å². The number of rotatable bonds is 2. The summed E-state index contributed by atoms with van der Waals surface area (Å²) in [6, 6.07) is 12.0. The molecular formula is C14H8Br2N2O2. The molecule has 1 aromatic carbocycles. The Morgan fingerprint density at radius 2 is 1.50 bits per heavy atom. The van der Waals surface area contributed by atoms with Crippen LogP contribution in [0, 0.1) is 0 Å². The van der Waals surface area contributed by atoms with Crippen LogP contribution in [-0.4, -0.2) is 16.8 Å². The second kappa shape index (κ2) is 5.10. The predicted octanol–water partition coefficient (Wildman–Crippen LogP) is 3.67. The first-order valence-electron chi connectivity index (χ1n) is 5.82. The fourth-order valence-electron chi connectivity index (χ4n) is 2.08. The van der Waals surface area contributed by atoms with Crippen LogP contribution in [0.2, 0.25) is 0 Å². The second-order valence-corrected chi connectivity index (χ2v) is 7.27. The van der Waals surface area contributed by atoms with E-state index in [2.05, 4.69) is 36.8 Å². The van der Waals surface area contributed by atoms with E-state index in [1.807, 2.05) is 0 Å². The summed E-state index contributed by atoms with van der Waals surface area (Å²) in [5.41, 5.74) is 1.52. The lowest BCUT2D eigenvalue weighted by Gasteiger charge is -2.14. The first kappa shape index (κ1) is 13.5. The van der Waals surface area contributed by atoms with Gasteiger partial charge in [0.2, 0.25) is 0 Å². The molecule has 1 aliphatic rings. The third-order valence-corrected chi connectivity index (χ3v) is 3.94. The topological polar surface area (TPSA) is 50.3 Å². The molecular weight excluding hydrogens is 388 g/mol. The first-order chi connectivity index (χ1) is 9.59. The maximum atomic E-state index is 12.3. The molecule has 0 bridgehead atoms. The Morgan fingerprint density at radius 3 is 2.05 bits per heavy atom. The normalized spacial score (nSPS) is 14.1. The van der Waals surface area contributed by atoms with Crippen LogP contribution in [0.15, 0.2) is 42.5 Å². The highest BCUT2D eigenvalue weighted by Gasteiger charge is 2.37. The number of hydrogen-bond donors (Lipinski definition) is 0. The highest BCUT2D eigenvalue weighted by molar-refractivity contribution is 9.24. The molecule has 1 aromatic heterocycles. The third kappa shape index (κ3) is 2.09. The van der Waals surface area contributed by atoms with Gasteiger partial charge in [-0.2, -0.15) is 0 Å². The Balaban J connectivity index is 2.07. The van der Waals surface area contributed by atoms with Gasteiger partial charge in [0, 0.05) is 0 Å². The Morgan fingerprint density at radius 1 is 0.900 bits per heavy atom. The number of carbonyl (C=O) groups is 2. The van der Waals surface area contributed by atoms with E-state index >= 15 is 0 Å². The Hall–Kier alpha value is -1.53. The Labute approximate surface area is 132 Å². The second-order valence-electron chi connectivity index (χ2n) is 4.21. The number of halogens is 2. The molecule has 4 nitrogen and oxygen atoms in total. The minimum Gasteiger partial charge on any atom is -0.268 e. The van der Waals surface area contributed by atoms with Crippen LogP contribution in [0.3, 0.4) is 0 Å². The summed E-state index contributed by atoms with van der Waals surface area (Å²) in [6.07, 6.45) is 0. The van der Waals surface area contributed by atoms with E-state index in [4.69, 9.17) is 0 Å². The molecule has 0 unspecified atom stereocenters. The fraction of sp³-hybridized carbons (Fsp3) is 0.0714. The number of benzene rings is 1. The number of imide groups is 1. The molecule has 2 aromatic rings. The van der Waals surface area contributed by atoms with E-state index in [0.29, 0.717) is 22.6 Å². The van der Waals surface area contributed by atoms with Gasteiger partial charge in [-0.3, -0.25) is 9.59 Å². The van der Waals surface area contributed by atoms with Crippen molar-refractivity contribution < 1.29 is 9.59 Å². The Kier molecular flexibility index (Phi) is 3.43. The smallest absolute Gasteiger partial charge is 0.267 e. The number of amides is 2. The van der Waals surface area contributed by atoms with Gasteiger partial charge >= 0.3 is 0 Å². The van der Waals surface area contributed by atoms with Crippen molar-refractivity contribution >= 4 is 49.5 Å². The van der Waals surface area contributed by atoms with Crippen molar-refractivity contribution in [3.05, 3.63) is 59.3 Å². The number of carbonyl (C=O) groups excluding carboxylic acids is 2. The largest absolute Gasteiger partial charge is 0.268 e. The monoisotopic (exact) mass is 394 g/mol. The molecule has 3 rings (SSSR count). The third-order valence-electron chi connectivity index (χ3n) is 3.00. The summed E-state index contributed by atoms with van der Waals surface area (Å²) in [5, 5.41) is 0. The lowest BCUT2D eigenvalue weighted by molar-refractivity contribution is 0.0925. The zero-order chi connectivity index (χ0) is 14.3. The van der Waals surface area contributed by atoms with Gasteiger partial charge in [-0.1, -0.05) is 50.1 Å².